The first-order valence-corrected chi connectivity index (χ1v) is 26.1. The van der Waals surface area contributed by atoms with Gasteiger partial charge in [0, 0.05) is 25.8 Å². The van der Waals surface area contributed by atoms with Crippen molar-refractivity contribution in [2.75, 3.05) is 39.5 Å². The number of nitrogens with zero attached hydrogens (tertiary/aromatic N) is 1. The number of unbranched alkanes of at least 4 members (excludes halogenated alkanes) is 16. The number of esters is 3. The van der Waals surface area contributed by atoms with Crippen LogP contribution in [0.1, 0.15) is 259 Å². The Morgan fingerprint density at radius 2 is 0.746 bits per heavy atom. The van der Waals surface area contributed by atoms with Crippen molar-refractivity contribution in [3.8, 4) is 0 Å². The summed E-state index contributed by atoms with van der Waals surface area (Å²) in [5.41, 5.74) is 0. The monoisotopic (exact) mass is 834 g/mol. The Kier molecular flexibility index (Phi) is 39.2. The molecule has 0 aromatic rings. The quantitative estimate of drug-likeness (QED) is 0.0343. The van der Waals surface area contributed by atoms with Crippen molar-refractivity contribution in [3.05, 3.63) is 0 Å². The maximum absolute atomic E-state index is 12.9. The number of hydrogen-bond acceptors (Lipinski definition) is 7. The van der Waals surface area contributed by atoms with Gasteiger partial charge in [-0.3, -0.25) is 14.4 Å². The molecule has 348 valence electrons. The van der Waals surface area contributed by atoms with Gasteiger partial charge in [0.05, 0.1) is 19.8 Å². The summed E-state index contributed by atoms with van der Waals surface area (Å²) in [5.74, 6) is 1.67. The van der Waals surface area contributed by atoms with Crippen molar-refractivity contribution < 1.29 is 28.6 Å². The fraction of sp³-hybridized carbons (Fsp3) is 0.942. The van der Waals surface area contributed by atoms with Crippen molar-refractivity contribution in [1.82, 2.24) is 4.90 Å². The Labute approximate surface area is 366 Å². The van der Waals surface area contributed by atoms with E-state index in [2.05, 4.69) is 32.6 Å². The van der Waals surface area contributed by atoms with E-state index in [-0.39, 0.29) is 17.9 Å². The van der Waals surface area contributed by atoms with Gasteiger partial charge in [-0.25, -0.2) is 0 Å². The molecule has 59 heavy (non-hydrogen) atoms. The van der Waals surface area contributed by atoms with Gasteiger partial charge in [0.1, 0.15) is 0 Å². The molecule has 0 N–H and O–H groups in total. The maximum atomic E-state index is 12.9. The van der Waals surface area contributed by atoms with Crippen molar-refractivity contribution in [1.29, 1.82) is 0 Å². The zero-order chi connectivity index (χ0) is 42.9. The third kappa shape index (κ3) is 35.6. The van der Waals surface area contributed by atoms with Crippen LogP contribution in [0.5, 0.6) is 0 Å². The highest BCUT2D eigenvalue weighted by atomic mass is 16.5. The summed E-state index contributed by atoms with van der Waals surface area (Å²) >= 11 is 0. The molecule has 7 nitrogen and oxygen atoms in total. The number of likely N-dealkylation sites (tertiary alicyclic amines) is 1. The lowest BCUT2D eigenvalue weighted by atomic mass is 9.91. The van der Waals surface area contributed by atoms with E-state index in [1.165, 1.54) is 129 Å². The van der Waals surface area contributed by atoms with Gasteiger partial charge in [0.2, 0.25) is 0 Å². The molecule has 1 heterocycles. The molecule has 1 aliphatic heterocycles. The maximum Gasteiger partial charge on any atom is 0.306 e. The molecule has 0 aromatic carbocycles. The molecule has 0 atom stereocenters. The van der Waals surface area contributed by atoms with Crippen LogP contribution in [0.3, 0.4) is 0 Å². The number of ether oxygens (including phenoxy) is 3. The largest absolute Gasteiger partial charge is 0.466 e. The fourth-order valence-corrected chi connectivity index (χ4v) is 9.01. The molecule has 0 radical (unpaired) electrons. The number of hydrogen-bond donors (Lipinski definition) is 0. The Bertz CT molecular complexity index is 875. The van der Waals surface area contributed by atoms with Crippen LogP contribution in [0.4, 0.5) is 0 Å². The Balaban J connectivity index is 2.31. The molecular weight excluding hydrogens is 735 g/mol. The lowest BCUT2D eigenvalue weighted by Crippen LogP contribution is -2.22. The van der Waals surface area contributed by atoms with Gasteiger partial charge in [-0.1, -0.05) is 182 Å². The summed E-state index contributed by atoms with van der Waals surface area (Å²) < 4.78 is 17.0. The normalized spacial score (nSPS) is 13.3. The predicted octanol–water partition coefficient (Wildman–Crippen LogP) is 14.9. The van der Waals surface area contributed by atoms with Crippen LogP contribution in [0.2, 0.25) is 0 Å². The highest BCUT2D eigenvalue weighted by Crippen LogP contribution is 2.25. The number of carbonyl (C=O) groups is 3. The van der Waals surface area contributed by atoms with Crippen LogP contribution in [0.15, 0.2) is 0 Å². The molecule has 0 saturated carbocycles. The number of carbonyl (C=O) groups excluding carboxylic acids is 3. The van der Waals surface area contributed by atoms with E-state index in [4.69, 9.17) is 14.2 Å². The van der Waals surface area contributed by atoms with Crippen LogP contribution in [0.25, 0.3) is 0 Å². The fourth-order valence-electron chi connectivity index (χ4n) is 9.01. The molecular formula is C52H99NO6. The second kappa shape index (κ2) is 41.7. The van der Waals surface area contributed by atoms with Crippen LogP contribution >= 0.6 is 0 Å². The summed E-state index contributed by atoms with van der Waals surface area (Å²) in [5, 5.41) is 0. The van der Waals surface area contributed by atoms with E-state index >= 15 is 0 Å². The van der Waals surface area contributed by atoms with E-state index in [0.717, 1.165) is 103 Å². The minimum atomic E-state index is -0.0325. The molecule has 0 aliphatic carbocycles. The Morgan fingerprint density at radius 1 is 0.390 bits per heavy atom. The van der Waals surface area contributed by atoms with Crippen LogP contribution < -0.4 is 0 Å². The van der Waals surface area contributed by atoms with Crippen molar-refractivity contribution in [2.45, 2.75) is 259 Å². The highest BCUT2D eigenvalue weighted by molar-refractivity contribution is 5.70. The summed E-state index contributed by atoms with van der Waals surface area (Å²) in [6.45, 7) is 14.1. The van der Waals surface area contributed by atoms with Gasteiger partial charge in [0.25, 0.3) is 0 Å². The zero-order valence-electron chi connectivity index (χ0n) is 39.8. The van der Waals surface area contributed by atoms with Gasteiger partial charge >= 0.3 is 17.9 Å². The van der Waals surface area contributed by atoms with E-state index < -0.39 is 0 Å². The molecule has 1 saturated heterocycles. The van der Waals surface area contributed by atoms with E-state index in [1.54, 1.807) is 0 Å². The SMILES string of the molecule is CCCCCC(CCCCC)CCOC(=O)CCCCCCCC(CCCCCCCC(=O)OCCC(CCCCC)CCCCC)CC(=O)OCCCN1CCCC1. The molecule has 0 aromatic heterocycles. The Hall–Kier alpha value is -1.63. The Morgan fingerprint density at radius 3 is 1.17 bits per heavy atom. The average Bonchev–Trinajstić information content (AvgIpc) is 3.75. The second-order valence-electron chi connectivity index (χ2n) is 18.5. The third-order valence-electron chi connectivity index (χ3n) is 13.0. The van der Waals surface area contributed by atoms with Crippen molar-refractivity contribution >= 4 is 17.9 Å². The molecule has 0 unspecified atom stereocenters. The average molecular weight is 834 g/mol. The predicted molar refractivity (Wildman–Crippen MR) is 249 cm³/mol. The molecule has 7 heteroatoms. The lowest BCUT2D eigenvalue weighted by molar-refractivity contribution is -0.145. The minimum Gasteiger partial charge on any atom is -0.466 e. The molecule has 0 spiro atoms. The molecule has 1 rings (SSSR count). The summed E-state index contributed by atoms with van der Waals surface area (Å²) in [7, 11) is 0. The van der Waals surface area contributed by atoms with E-state index in [1.807, 2.05) is 0 Å². The van der Waals surface area contributed by atoms with Gasteiger partial charge < -0.3 is 19.1 Å². The van der Waals surface area contributed by atoms with E-state index in [0.29, 0.717) is 56.8 Å². The zero-order valence-corrected chi connectivity index (χ0v) is 39.8. The standard InChI is InChI=1S/C52H99NO6/c1-5-9-19-30-47(31-20-10-6-2)38-44-58-50(54)36-25-17-13-15-23-34-49(46-52(56)57-43-29-42-53-40-27-28-41-53)35-24-16-14-18-26-37-51(55)59-45-39-48(32-21-11-7-3)33-22-12-8-4/h47-49H,5-46H2,1-4H3. The van der Waals surface area contributed by atoms with Crippen LogP contribution in [-0.2, 0) is 28.6 Å². The molecule has 0 amide bonds. The first-order valence-electron chi connectivity index (χ1n) is 26.1. The highest BCUT2D eigenvalue weighted by Gasteiger charge is 2.17. The number of rotatable bonds is 44. The molecule has 0 bridgehead atoms. The van der Waals surface area contributed by atoms with Gasteiger partial charge in [-0.15, -0.1) is 0 Å². The molecule has 1 aliphatic rings. The van der Waals surface area contributed by atoms with Crippen molar-refractivity contribution in [2.24, 2.45) is 17.8 Å². The second-order valence-corrected chi connectivity index (χ2v) is 18.5. The van der Waals surface area contributed by atoms with Crippen LogP contribution in [-0.4, -0.2) is 62.3 Å². The van der Waals surface area contributed by atoms with E-state index in [9.17, 15) is 14.4 Å². The van der Waals surface area contributed by atoms with Gasteiger partial charge in [0.15, 0.2) is 0 Å². The minimum absolute atomic E-state index is 0.0282. The topological polar surface area (TPSA) is 82.1 Å². The van der Waals surface area contributed by atoms with Crippen LogP contribution in [0, 0.1) is 17.8 Å². The van der Waals surface area contributed by atoms with Gasteiger partial charge in [-0.05, 0) is 88.6 Å². The molecule has 1 fully saturated rings. The first-order chi connectivity index (χ1) is 28.9. The third-order valence-corrected chi connectivity index (χ3v) is 13.0. The summed E-state index contributed by atoms with van der Waals surface area (Å²) in [6.07, 6.45) is 40.4. The van der Waals surface area contributed by atoms with Gasteiger partial charge in [-0.2, -0.15) is 0 Å². The lowest BCUT2D eigenvalue weighted by Gasteiger charge is -2.17. The smallest absolute Gasteiger partial charge is 0.306 e. The first kappa shape index (κ1) is 55.4. The van der Waals surface area contributed by atoms with Crippen molar-refractivity contribution in [3.63, 3.8) is 0 Å². The summed E-state index contributed by atoms with van der Waals surface area (Å²) in [6, 6.07) is 0. The summed E-state index contributed by atoms with van der Waals surface area (Å²) in [4.78, 5) is 40.2.